The lowest BCUT2D eigenvalue weighted by atomic mass is 10.1. The summed E-state index contributed by atoms with van der Waals surface area (Å²) in [4.78, 5) is 72.7. The summed E-state index contributed by atoms with van der Waals surface area (Å²) in [7, 11) is -9.96. The Morgan fingerprint density at radius 3 is 0.857 bits per heavy atom. The molecule has 0 bridgehead atoms. The van der Waals surface area contributed by atoms with E-state index >= 15 is 0 Å². The number of aliphatic hydroxyl groups excluding tert-OH is 1. The molecule has 0 aliphatic carbocycles. The molecule has 0 saturated carbocycles. The van der Waals surface area contributed by atoms with Gasteiger partial charge >= 0.3 is 39.5 Å². The van der Waals surface area contributed by atoms with Gasteiger partial charge in [0.1, 0.15) is 19.3 Å². The molecular weight excluding hydrogens is 1280 g/mol. The van der Waals surface area contributed by atoms with Gasteiger partial charge in [0.05, 0.1) is 26.4 Å². The Bertz CT molecular complexity index is 2290. The van der Waals surface area contributed by atoms with Crippen molar-refractivity contribution in [2.75, 3.05) is 39.6 Å². The summed E-state index contributed by atoms with van der Waals surface area (Å²) in [5.74, 6) is -2.25. The highest BCUT2D eigenvalue weighted by atomic mass is 31.2. The van der Waals surface area contributed by atoms with Crippen molar-refractivity contribution in [2.24, 2.45) is 0 Å². The molecule has 5 unspecified atom stereocenters. The molecule has 3 N–H and O–H groups in total. The Balaban J connectivity index is 5.38. The number of aliphatic hydroxyl groups is 1. The average molecular weight is 1420 g/mol. The normalized spacial score (nSPS) is 14.6. The van der Waals surface area contributed by atoms with E-state index in [4.69, 9.17) is 37.0 Å². The van der Waals surface area contributed by atoms with E-state index in [0.29, 0.717) is 32.1 Å². The first-order chi connectivity index (χ1) is 47.7. The van der Waals surface area contributed by atoms with Crippen LogP contribution in [0.3, 0.4) is 0 Å². The van der Waals surface area contributed by atoms with Gasteiger partial charge in [0.2, 0.25) is 0 Å². The largest absolute Gasteiger partial charge is 0.472 e. The van der Waals surface area contributed by atoms with E-state index < -0.39 is 97.5 Å². The smallest absolute Gasteiger partial charge is 0.462 e. The Labute approximate surface area is 594 Å². The molecule has 0 radical (unpaired) electrons. The highest BCUT2D eigenvalue weighted by Gasteiger charge is 2.30. The van der Waals surface area contributed by atoms with Crippen LogP contribution in [0.4, 0.5) is 0 Å². The van der Waals surface area contributed by atoms with Crippen LogP contribution < -0.4 is 0 Å². The Morgan fingerprint density at radius 2 is 0.541 bits per heavy atom. The zero-order valence-electron chi connectivity index (χ0n) is 61.4. The summed E-state index contributed by atoms with van der Waals surface area (Å²) >= 11 is 0. The maximum Gasteiger partial charge on any atom is 0.472 e. The molecule has 0 rings (SSSR count). The number of carbonyl (C=O) groups is 4. The van der Waals surface area contributed by atoms with E-state index in [-0.39, 0.29) is 25.7 Å². The standard InChI is InChI=1S/C79H136O17P2/c1-5-9-13-17-21-25-29-31-33-35-36-38-39-41-45-48-52-56-60-64-77(82)90-70-75(96-79(84)66-62-58-54-50-46-42-40-37-34-32-30-26-22-18-14-10-6-2)72-94-98(87,88)92-68-73(80)67-91-97(85,86)93-71-74(95-78(83)65-61-57-53-49-44-28-24-20-16-12-8-4)69-89-76(81)63-59-55-51-47-43-27-23-19-15-11-7-3/h9-10,13-14,21-22,25-26,31-34,36,38,40,42,50,54,73-75,80H,5-8,11-12,15-20,23-24,27-30,35,37,39,41,43-49,51-53,55-72H2,1-4H3,(H,85,86)(H,87,88)/b13-9-,14-10-,25-21-,26-22-,33-31-,34-32-,38-36-,42-40-,54-50-. The Kier molecular flexibility index (Phi) is 68.0. The van der Waals surface area contributed by atoms with Gasteiger partial charge in [-0.25, -0.2) is 9.13 Å². The highest BCUT2D eigenvalue weighted by Crippen LogP contribution is 2.45. The van der Waals surface area contributed by atoms with Crippen molar-refractivity contribution >= 4 is 39.5 Å². The number of hydrogen-bond donors (Lipinski definition) is 3. The molecule has 0 saturated heterocycles. The van der Waals surface area contributed by atoms with Crippen LogP contribution in [0.2, 0.25) is 0 Å². The second kappa shape index (κ2) is 71.1. The topological polar surface area (TPSA) is 237 Å². The van der Waals surface area contributed by atoms with Crippen molar-refractivity contribution in [1.82, 2.24) is 0 Å². The quantitative estimate of drug-likeness (QED) is 0.0169. The van der Waals surface area contributed by atoms with Crippen LogP contribution in [0.25, 0.3) is 0 Å². The number of hydrogen-bond acceptors (Lipinski definition) is 15. The molecule has 0 fully saturated rings. The fourth-order valence-corrected chi connectivity index (χ4v) is 11.6. The van der Waals surface area contributed by atoms with Gasteiger partial charge in [-0.05, 0) is 103 Å². The lowest BCUT2D eigenvalue weighted by molar-refractivity contribution is -0.161. The van der Waals surface area contributed by atoms with E-state index in [0.717, 1.165) is 141 Å². The molecule has 0 aromatic carbocycles. The van der Waals surface area contributed by atoms with Crippen molar-refractivity contribution in [3.8, 4) is 0 Å². The van der Waals surface area contributed by atoms with Crippen LogP contribution in [0.15, 0.2) is 109 Å². The second-order valence-electron chi connectivity index (χ2n) is 25.2. The van der Waals surface area contributed by atoms with Gasteiger partial charge in [-0.3, -0.25) is 37.3 Å². The zero-order valence-corrected chi connectivity index (χ0v) is 63.2. The Morgan fingerprint density at radius 1 is 0.296 bits per heavy atom. The van der Waals surface area contributed by atoms with Gasteiger partial charge < -0.3 is 33.8 Å². The van der Waals surface area contributed by atoms with E-state index in [2.05, 4.69) is 125 Å². The van der Waals surface area contributed by atoms with E-state index in [1.165, 1.54) is 83.5 Å². The molecule has 19 heteroatoms. The first kappa shape index (κ1) is 93.7. The number of phosphoric ester groups is 2. The summed E-state index contributed by atoms with van der Waals surface area (Å²) < 4.78 is 68.3. The number of ether oxygens (including phenoxy) is 4. The fourth-order valence-electron chi connectivity index (χ4n) is 10.0. The van der Waals surface area contributed by atoms with Gasteiger partial charge in [-0.15, -0.1) is 0 Å². The number of allylic oxidation sites excluding steroid dienone is 18. The predicted molar refractivity (Wildman–Crippen MR) is 399 cm³/mol. The fraction of sp³-hybridized carbons (Fsp3) is 0.722. The minimum Gasteiger partial charge on any atom is -0.462 e. The van der Waals surface area contributed by atoms with E-state index in [1.807, 2.05) is 12.2 Å². The lowest BCUT2D eigenvalue weighted by Gasteiger charge is -2.21. The number of esters is 4. The van der Waals surface area contributed by atoms with Crippen LogP contribution in [0.5, 0.6) is 0 Å². The molecule has 0 aliphatic rings. The summed E-state index contributed by atoms with van der Waals surface area (Å²) in [5.41, 5.74) is 0. The van der Waals surface area contributed by atoms with Crippen molar-refractivity contribution in [2.45, 2.75) is 329 Å². The van der Waals surface area contributed by atoms with Crippen molar-refractivity contribution in [3.63, 3.8) is 0 Å². The number of unbranched alkanes of at least 4 members (excludes halogenated alkanes) is 27. The molecule has 5 atom stereocenters. The molecule has 0 spiro atoms. The van der Waals surface area contributed by atoms with Gasteiger partial charge in [-0.1, -0.05) is 291 Å². The molecular formula is C79H136O17P2. The van der Waals surface area contributed by atoms with E-state index in [1.54, 1.807) is 0 Å². The monoisotopic (exact) mass is 1420 g/mol. The highest BCUT2D eigenvalue weighted by molar-refractivity contribution is 7.47. The number of rotatable bonds is 71. The molecule has 98 heavy (non-hydrogen) atoms. The molecule has 0 aromatic heterocycles. The first-order valence-corrected chi connectivity index (χ1v) is 41.1. The summed E-state index contributed by atoms with van der Waals surface area (Å²) in [6.07, 6.45) is 75.2. The average Bonchev–Trinajstić information content (AvgIpc) is 1.06. The second-order valence-corrected chi connectivity index (χ2v) is 28.1. The number of carbonyl (C=O) groups excluding carboxylic acids is 4. The predicted octanol–water partition coefficient (Wildman–Crippen LogP) is 21.8. The van der Waals surface area contributed by atoms with Gasteiger partial charge in [0.25, 0.3) is 0 Å². The van der Waals surface area contributed by atoms with Crippen molar-refractivity contribution < 1.29 is 80.2 Å². The van der Waals surface area contributed by atoms with Gasteiger partial charge in [-0.2, -0.15) is 0 Å². The molecule has 0 aliphatic heterocycles. The molecule has 564 valence electrons. The third kappa shape index (κ3) is 70.2. The minimum atomic E-state index is -4.99. The molecule has 0 heterocycles. The van der Waals surface area contributed by atoms with Gasteiger partial charge in [0.15, 0.2) is 12.2 Å². The third-order valence-electron chi connectivity index (χ3n) is 15.8. The summed E-state index contributed by atoms with van der Waals surface area (Å²) in [5, 5.41) is 10.6. The summed E-state index contributed by atoms with van der Waals surface area (Å²) in [6, 6.07) is 0. The zero-order chi connectivity index (χ0) is 71.8. The van der Waals surface area contributed by atoms with E-state index in [9.17, 15) is 43.2 Å². The van der Waals surface area contributed by atoms with Crippen LogP contribution >= 0.6 is 15.6 Å². The van der Waals surface area contributed by atoms with Gasteiger partial charge in [0, 0.05) is 25.7 Å². The molecule has 0 amide bonds. The molecule has 0 aromatic rings. The van der Waals surface area contributed by atoms with Crippen LogP contribution in [0, 0.1) is 0 Å². The van der Waals surface area contributed by atoms with Crippen LogP contribution in [-0.4, -0.2) is 96.7 Å². The maximum atomic E-state index is 13.1. The van der Waals surface area contributed by atoms with Crippen LogP contribution in [-0.2, 0) is 65.4 Å². The maximum absolute atomic E-state index is 13.1. The van der Waals surface area contributed by atoms with Crippen molar-refractivity contribution in [1.29, 1.82) is 0 Å². The lowest BCUT2D eigenvalue weighted by Crippen LogP contribution is -2.30. The minimum absolute atomic E-state index is 0.0122. The molecule has 17 nitrogen and oxygen atoms in total. The Hall–Kier alpha value is -4.28. The SMILES string of the molecule is CC/C=C\C/C=C\C/C=C\C/C=C\C/C=C\CCCC(=O)OC(COC(=O)CCCCCCCC/C=C\C/C=C\C/C=C\C/C=C\CC)COP(=O)(O)OCC(O)COP(=O)(O)OCC(COC(=O)CCCCCCCCCCCCC)OC(=O)CCCCCCCCCCCCC. The summed E-state index contributed by atoms with van der Waals surface area (Å²) in [6.45, 7) is 4.56. The number of phosphoric acid groups is 2. The first-order valence-electron chi connectivity index (χ1n) is 38.1. The van der Waals surface area contributed by atoms with Crippen molar-refractivity contribution in [3.05, 3.63) is 109 Å². The van der Waals surface area contributed by atoms with Crippen LogP contribution in [0.1, 0.15) is 310 Å². The third-order valence-corrected chi connectivity index (χ3v) is 17.7.